The summed E-state index contributed by atoms with van der Waals surface area (Å²) in [5, 5.41) is 0. The fourth-order valence-electron chi connectivity index (χ4n) is 2.66. The van der Waals surface area contributed by atoms with E-state index in [1.165, 1.54) is 0 Å². The summed E-state index contributed by atoms with van der Waals surface area (Å²) in [6.45, 7) is 5.17. The Balaban J connectivity index is 1.51. The summed E-state index contributed by atoms with van der Waals surface area (Å²) in [4.78, 5) is 16.5. The molecule has 0 aromatic carbocycles. The Kier molecular flexibility index (Phi) is 4.33. The minimum absolute atomic E-state index is 0.0156. The second-order valence-electron chi connectivity index (χ2n) is 5.21. The van der Waals surface area contributed by atoms with Gasteiger partial charge in [-0.05, 0) is 18.4 Å². The van der Waals surface area contributed by atoms with Gasteiger partial charge in [-0.1, -0.05) is 0 Å². The number of rotatable bonds is 4. The minimum atomic E-state index is 0.0156. The molecular formula is C14H20N2O3S. The van der Waals surface area contributed by atoms with E-state index in [1.54, 1.807) is 17.8 Å². The maximum Gasteiger partial charge on any atom is 0.289 e. The van der Waals surface area contributed by atoms with Crippen LogP contribution in [0, 0.1) is 0 Å². The largest absolute Gasteiger partial charge is 0.455 e. The lowest BCUT2D eigenvalue weighted by Gasteiger charge is -2.46. The Labute approximate surface area is 123 Å². The number of furan rings is 1. The third-order valence-electron chi connectivity index (χ3n) is 3.87. The van der Waals surface area contributed by atoms with Crippen LogP contribution in [-0.2, 0) is 10.5 Å². The molecule has 1 amide bonds. The van der Waals surface area contributed by atoms with Crippen molar-refractivity contribution in [3.8, 4) is 0 Å². The number of morpholine rings is 1. The van der Waals surface area contributed by atoms with Crippen molar-refractivity contribution in [1.29, 1.82) is 0 Å². The van der Waals surface area contributed by atoms with E-state index in [4.69, 9.17) is 9.15 Å². The molecule has 6 heteroatoms. The van der Waals surface area contributed by atoms with Gasteiger partial charge in [0.25, 0.3) is 5.91 Å². The molecule has 2 fully saturated rings. The lowest BCUT2D eigenvalue weighted by Crippen LogP contribution is -2.62. The van der Waals surface area contributed by atoms with E-state index in [0.29, 0.717) is 11.8 Å². The third kappa shape index (κ3) is 2.87. The van der Waals surface area contributed by atoms with Crippen molar-refractivity contribution in [2.24, 2.45) is 0 Å². The Hall–Kier alpha value is -0.980. The van der Waals surface area contributed by atoms with Crippen LogP contribution in [0.5, 0.6) is 0 Å². The number of amides is 1. The lowest BCUT2D eigenvalue weighted by molar-refractivity contribution is -0.0264. The number of carbonyl (C=O) groups is 1. The Morgan fingerprint density at radius 3 is 2.80 bits per heavy atom. The highest BCUT2D eigenvalue weighted by Crippen LogP contribution is 2.21. The SMILES string of the molecule is CSCc1ccc(C(=O)N2CC(N3CCOCC3)C2)o1. The van der Waals surface area contributed by atoms with Crippen molar-refractivity contribution in [2.45, 2.75) is 11.8 Å². The highest BCUT2D eigenvalue weighted by atomic mass is 32.2. The van der Waals surface area contributed by atoms with E-state index >= 15 is 0 Å². The molecule has 5 nitrogen and oxygen atoms in total. The second-order valence-corrected chi connectivity index (χ2v) is 6.08. The first kappa shape index (κ1) is 14.0. The number of hydrogen-bond acceptors (Lipinski definition) is 5. The molecule has 0 atom stereocenters. The van der Waals surface area contributed by atoms with Crippen molar-refractivity contribution in [1.82, 2.24) is 9.80 Å². The first-order chi connectivity index (χ1) is 9.78. The Morgan fingerprint density at radius 1 is 1.35 bits per heavy atom. The average Bonchev–Trinajstić information content (AvgIpc) is 2.87. The quantitative estimate of drug-likeness (QED) is 0.838. The van der Waals surface area contributed by atoms with Crippen molar-refractivity contribution < 1.29 is 13.9 Å². The van der Waals surface area contributed by atoms with Crippen molar-refractivity contribution in [3.05, 3.63) is 23.7 Å². The molecule has 2 saturated heterocycles. The molecule has 2 aliphatic heterocycles. The van der Waals surface area contributed by atoms with E-state index in [1.807, 2.05) is 17.2 Å². The van der Waals surface area contributed by atoms with E-state index < -0.39 is 0 Å². The van der Waals surface area contributed by atoms with E-state index in [0.717, 1.165) is 50.9 Å². The van der Waals surface area contributed by atoms with Crippen molar-refractivity contribution >= 4 is 17.7 Å². The van der Waals surface area contributed by atoms with Crippen LogP contribution in [0.25, 0.3) is 0 Å². The van der Waals surface area contributed by atoms with Crippen LogP contribution < -0.4 is 0 Å². The van der Waals surface area contributed by atoms with E-state index in [2.05, 4.69) is 4.90 Å². The molecule has 1 aromatic heterocycles. The summed E-state index contributed by atoms with van der Waals surface area (Å²) in [6, 6.07) is 4.17. The molecule has 2 aliphatic rings. The minimum Gasteiger partial charge on any atom is -0.455 e. The van der Waals surface area contributed by atoms with Crippen LogP contribution >= 0.6 is 11.8 Å². The number of thioether (sulfide) groups is 1. The molecular weight excluding hydrogens is 276 g/mol. The maximum atomic E-state index is 12.3. The molecule has 0 saturated carbocycles. The zero-order chi connectivity index (χ0) is 13.9. The molecule has 0 aliphatic carbocycles. The first-order valence-corrected chi connectivity index (χ1v) is 8.36. The number of likely N-dealkylation sites (tertiary alicyclic amines) is 1. The highest BCUT2D eigenvalue weighted by molar-refractivity contribution is 7.97. The summed E-state index contributed by atoms with van der Waals surface area (Å²) < 4.78 is 10.9. The fourth-order valence-corrected chi connectivity index (χ4v) is 3.10. The van der Waals surface area contributed by atoms with Crippen molar-refractivity contribution in [3.63, 3.8) is 0 Å². The smallest absolute Gasteiger partial charge is 0.289 e. The zero-order valence-corrected chi connectivity index (χ0v) is 12.5. The molecule has 0 spiro atoms. The Morgan fingerprint density at radius 2 is 2.10 bits per heavy atom. The molecule has 0 unspecified atom stereocenters. The molecule has 1 aromatic rings. The van der Waals surface area contributed by atoms with Gasteiger partial charge in [0.05, 0.1) is 19.0 Å². The van der Waals surface area contributed by atoms with Gasteiger partial charge in [0, 0.05) is 32.2 Å². The van der Waals surface area contributed by atoms with E-state index in [9.17, 15) is 4.79 Å². The van der Waals surface area contributed by atoms with Crippen LogP contribution in [0.15, 0.2) is 16.5 Å². The van der Waals surface area contributed by atoms with Crippen LogP contribution in [0.2, 0.25) is 0 Å². The van der Waals surface area contributed by atoms with Crippen LogP contribution in [-0.4, -0.2) is 67.4 Å². The predicted molar refractivity (Wildman–Crippen MR) is 78.0 cm³/mol. The van der Waals surface area contributed by atoms with E-state index in [-0.39, 0.29) is 5.91 Å². The van der Waals surface area contributed by atoms with Gasteiger partial charge < -0.3 is 14.1 Å². The van der Waals surface area contributed by atoms with Crippen LogP contribution in [0.4, 0.5) is 0 Å². The fraction of sp³-hybridized carbons (Fsp3) is 0.643. The third-order valence-corrected chi connectivity index (χ3v) is 4.44. The highest BCUT2D eigenvalue weighted by Gasteiger charge is 2.36. The number of nitrogens with zero attached hydrogens (tertiary/aromatic N) is 2. The number of ether oxygens (including phenoxy) is 1. The van der Waals surface area contributed by atoms with Gasteiger partial charge in [0.15, 0.2) is 5.76 Å². The molecule has 0 bridgehead atoms. The molecule has 0 radical (unpaired) electrons. The molecule has 3 heterocycles. The van der Waals surface area contributed by atoms with Gasteiger partial charge in [-0.2, -0.15) is 11.8 Å². The number of hydrogen-bond donors (Lipinski definition) is 0. The van der Waals surface area contributed by atoms with Gasteiger partial charge in [0.1, 0.15) is 5.76 Å². The number of carbonyl (C=O) groups excluding carboxylic acids is 1. The summed E-state index contributed by atoms with van der Waals surface area (Å²) >= 11 is 1.69. The van der Waals surface area contributed by atoms with Crippen molar-refractivity contribution in [2.75, 3.05) is 45.6 Å². The summed E-state index contributed by atoms with van der Waals surface area (Å²) in [7, 11) is 0. The van der Waals surface area contributed by atoms with Gasteiger partial charge in [-0.15, -0.1) is 0 Å². The molecule has 0 N–H and O–H groups in total. The monoisotopic (exact) mass is 296 g/mol. The average molecular weight is 296 g/mol. The zero-order valence-electron chi connectivity index (χ0n) is 11.7. The lowest BCUT2D eigenvalue weighted by atomic mass is 10.1. The van der Waals surface area contributed by atoms with Crippen LogP contribution in [0.1, 0.15) is 16.3 Å². The molecule has 110 valence electrons. The van der Waals surface area contributed by atoms with Gasteiger partial charge in [-0.3, -0.25) is 9.69 Å². The topological polar surface area (TPSA) is 45.9 Å². The molecule has 3 rings (SSSR count). The Bertz CT molecular complexity index is 465. The first-order valence-electron chi connectivity index (χ1n) is 6.96. The van der Waals surface area contributed by atoms with Gasteiger partial charge in [-0.25, -0.2) is 0 Å². The summed E-state index contributed by atoms with van der Waals surface area (Å²) in [5.74, 6) is 2.16. The summed E-state index contributed by atoms with van der Waals surface area (Å²) in [6.07, 6.45) is 2.02. The molecule has 20 heavy (non-hydrogen) atoms. The summed E-state index contributed by atoms with van der Waals surface area (Å²) in [5.41, 5.74) is 0. The predicted octanol–water partition coefficient (Wildman–Crippen LogP) is 1.30. The normalized spacial score (nSPS) is 20.9. The van der Waals surface area contributed by atoms with Crippen LogP contribution in [0.3, 0.4) is 0 Å². The standard InChI is InChI=1S/C14H20N2O3S/c1-20-10-12-2-3-13(19-12)14(17)16-8-11(9-16)15-4-6-18-7-5-15/h2-3,11H,4-10H2,1H3. The van der Waals surface area contributed by atoms with Gasteiger partial charge >= 0.3 is 0 Å². The second kappa shape index (κ2) is 6.20. The maximum absolute atomic E-state index is 12.3. The van der Waals surface area contributed by atoms with Gasteiger partial charge in [0.2, 0.25) is 0 Å².